The lowest BCUT2D eigenvalue weighted by Crippen LogP contribution is -2.33. The first-order valence-corrected chi connectivity index (χ1v) is 15.2. The van der Waals surface area contributed by atoms with Crippen LogP contribution in [0.4, 0.5) is 16.2 Å². The van der Waals surface area contributed by atoms with E-state index in [-0.39, 0.29) is 12.2 Å². The van der Waals surface area contributed by atoms with E-state index in [9.17, 15) is 19.2 Å². The summed E-state index contributed by atoms with van der Waals surface area (Å²) in [6, 6.07) is 10.2. The number of benzene rings is 2. The molecule has 4 aromatic rings. The summed E-state index contributed by atoms with van der Waals surface area (Å²) in [6.07, 6.45) is 5.80. The molecule has 0 radical (unpaired) electrons. The number of carbonyl (C=O) groups excluding carboxylic acids is 3. The highest BCUT2D eigenvalue weighted by Crippen LogP contribution is 2.32. The molecule has 1 unspecified atom stereocenters. The van der Waals surface area contributed by atoms with Crippen molar-refractivity contribution in [1.82, 2.24) is 35.7 Å². The van der Waals surface area contributed by atoms with Crippen LogP contribution in [0.25, 0.3) is 22.9 Å². The van der Waals surface area contributed by atoms with Crippen molar-refractivity contribution in [1.29, 1.82) is 0 Å². The highest BCUT2D eigenvalue weighted by Gasteiger charge is 2.25. The molecule has 0 spiro atoms. The van der Waals surface area contributed by atoms with Gasteiger partial charge in [-0.3, -0.25) is 14.9 Å². The summed E-state index contributed by atoms with van der Waals surface area (Å²) in [4.78, 5) is 51.3. The third kappa shape index (κ3) is 8.18. The molecule has 2 aromatic carbocycles. The molecule has 0 fully saturated rings. The number of hydrogen-bond acceptors (Lipinski definition) is 11. The van der Waals surface area contributed by atoms with Crippen LogP contribution in [-0.2, 0) is 19.1 Å². The average molecular weight is 662 g/mol. The van der Waals surface area contributed by atoms with Crippen LogP contribution >= 0.6 is 11.6 Å². The number of aromatic amines is 1. The first-order valence-electron chi connectivity index (χ1n) is 14.8. The van der Waals surface area contributed by atoms with E-state index in [2.05, 4.69) is 41.7 Å². The monoisotopic (exact) mass is 661 g/mol. The number of carbonyl (C=O) groups is 3. The lowest BCUT2D eigenvalue weighted by molar-refractivity contribution is -0.144. The Morgan fingerprint density at radius 1 is 1.11 bits per heavy atom. The van der Waals surface area contributed by atoms with Gasteiger partial charge in [-0.1, -0.05) is 30.5 Å². The maximum absolute atomic E-state index is 13.3. The van der Waals surface area contributed by atoms with Gasteiger partial charge in [-0.15, -0.1) is 5.10 Å². The molecule has 2 amide bonds. The van der Waals surface area contributed by atoms with E-state index in [1.54, 1.807) is 55.5 Å². The Kier molecular flexibility index (Phi) is 10.6. The van der Waals surface area contributed by atoms with Gasteiger partial charge in [0.05, 0.1) is 36.7 Å². The van der Waals surface area contributed by atoms with Crippen LogP contribution < -0.4 is 21.5 Å². The number of hydrogen-bond donors (Lipinski definition) is 4. The van der Waals surface area contributed by atoms with Crippen LogP contribution in [0, 0.1) is 0 Å². The smallest absolute Gasteiger partial charge is 0.411 e. The minimum absolute atomic E-state index is 0.190. The van der Waals surface area contributed by atoms with Crippen molar-refractivity contribution in [2.75, 3.05) is 24.4 Å². The molecule has 1 aliphatic heterocycles. The number of nitrogens with zero attached hydrogens (tertiary/aromatic N) is 5. The number of amides is 2. The number of methoxy groups -OCH3 is 1. The molecular formula is C31H32ClN9O6. The Morgan fingerprint density at radius 2 is 1.94 bits per heavy atom. The third-order valence-corrected chi connectivity index (χ3v) is 7.61. The number of anilines is 2. The first kappa shape index (κ1) is 32.8. The predicted molar refractivity (Wildman–Crippen MR) is 173 cm³/mol. The third-order valence-electron chi connectivity index (χ3n) is 7.37. The second-order valence-electron chi connectivity index (χ2n) is 10.5. The zero-order chi connectivity index (χ0) is 33.3. The van der Waals surface area contributed by atoms with Crippen LogP contribution in [0.3, 0.4) is 0 Å². The summed E-state index contributed by atoms with van der Waals surface area (Å²) >= 11 is 6.22. The molecule has 244 valence electrons. The molecule has 16 heteroatoms. The highest BCUT2D eigenvalue weighted by molar-refractivity contribution is 6.30. The standard InChI is InChI=1S/C31H32ClN9O6/c1-3-47-30(44)24-7-5-4-6-23(36-28(42)13-8-18-14-19(32)9-12-27(18)41-17-33-39-40-41)26-16-22(29(43)38-37-26)21-11-10-20(15-25(21)35-24)34-31(45)46-2/h8-17,23-24,35H,3-7H2,1-2H3,(H,34,45)(H,36,42)(H,38,43)/t23?,24-/m1/s1. The Morgan fingerprint density at radius 3 is 2.70 bits per heavy atom. The molecule has 2 atom stereocenters. The molecule has 0 saturated heterocycles. The van der Waals surface area contributed by atoms with Crippen molar-refractivity contribution >= 4 is 47.0 Å². The van der Waals surface area contributed by atoms with Gasteiger partial charge in [0.2, 0.25) is 5.91 Å². The van der Waals surface area contributed by atoms with Crippen molar-refractivity contribution in [3.05, 3.63) is 81.5 Å². The second-order valence-corrected chi connectivity index (χ2v) is 10.9. The molecule has 5 rings (SSSR count). The van der Waals surface area contributed by atoms with Gasteiger partial charge in [0.15, 0.2) is 0 Å². The van der Waals surface area contributed by atoms with E-state index in [0.717, 1.165) is 0 Å². The fourth-order valence-electron chi connectivity index (χ4n) is 5.14. The van der Waals surface area contributed by atoms with Gasteiger partial charge in [0, 0.05) is 33.6 Å². The maximum Gasteiger partial charge on any atom is 0.411 e. The average Bonchev–Trinajstić information content (AvgIpc) is 3.60. The van der Waals surface area contributed by atoms with Crippen molar-refractivity contribution < 1.29 is 23.9 Å². The van der Waals surface area contributed by atoms with Crippen molar-refractivity contribution in [3.8, 4) is 16.8 Å². The van der Waals surface area contributed by atoms with Gasteiger partial charge >= 0.3 is 12.1 Å². The minimum Gasteiger partial charge on any atom is -0.464 e. The Bertz CT molecular complexity index is 1840. The van der Waals surface area contributed by atoms with Gasteiger partial charge in [-0.05, 0) is 72.7 Å². The molecule has 3 heterocycles. The zero-order valence-electron chi connectivity index (χ0n) is 25.5. The minimum atomic E-state index is -0.745. The number of halogens is 1. The first-order chi connectivity index (χ1) is 22.7. The van der Waals surface area contributed by atoms with E-state index in [1.165, 1.54) is 24.2 Å². The summed E-state index contributed by atoms with van der Waals surface area (Å²) in [5.74, 6) is -0.868. The van der Waals surface area contributed by atoms with E-state index in [1.807, 2.05) is 0 Å². The Balaban J connectivity index is 1.48. The van der Waals surface area contributed by atoms with Crippen LogP contribution in [0.2, 0.25) is 5.02 Å². The van der Waals surface area contributed by atoms with Crippen molar-refractivity contribution in [2.24, 2.45) is 0 Å². The number of esters is 1. The number of nitrogens with one attached hydrogen (secondary N) is 4. The summed E-state index contributed by atoms with van der Waals surface area (Å²) in [5, 5.41) is 27.3. The van der Waals surface area contributed by atoms with Crippen LogP contribution in [-0.4, -0.2) is 68.1 Å². The van der Waals surface area contributed by atoms with Crippen molar-refractivity contribution in [3.63, 3.8) is 0 Å². The number of fused-ring (bicyclic) bond motifs is 4. The Hall–Kier alpha value is -5.57. The number of ether oxygens (including phenoxy) is 2. The van der Waals surface area contributed by atoms with E-state index in [0.29, 0.717) is 64.6 Å². The van der Waals surface area contributed by atoms with Crippen molar-refractivity contribution in [2.45, 2.75) is 44.7 Å². The normalized spacial score (nSPS) is 16.1. The molecule has 0 saturated carbocycles. The molecule has 2 bridgehead atoms. The molecule has 15 nitrogen and oxygen atoms in total. The summed E-state index contributed by atoms with van der Waals surface area (Å²) in [7, 11) is 1.24. The fraction of sp³-hybridized carbons (Fsp3) is 0.290. The predicted octanol–water partition coefficient (Wildman–Crippen LogP) is 4.03. The molecule has 1 aliphatic rings. The number of aromatic nitrogens is 6. The molecular weight excluding hydrogens is 630 g/mol. The number of rotatable bonds is 7. The van der Waals surface area contributed by atoms with Crippen LogP contribution in [0.15, 0.2) is 59.7 Å². The largest absolute Gasteiger partial charge is 0.464 e. The quantitative estimate of drug-likeness (QED) is 0.165. The van der Waals surface area contributed by atoms with Gasteiger partial charge in [0.1, 0.15) is 12.4 Å². The van der Waals surface area contributed by atoms with Gasteiger partial charge in [-0.2, -0.15) is 9.78 Å². The highest BCUT2D eigenvalue weighted by atomic mass is 35.5. The SMILES string of the molecule is CCOC(=O)[C@H]1CCCCC(NC(=O)C=Cc2cc(Cl)ccc2-n2cnnn2)c2cc(c(=O)[nH]n2)-c2ccc(NC(=O)OC)cc2N1. The summed E-state index contributed by atoms with van der Waals surface area (Å²) in [5.41, 5.74) is 2.64. The summed E-state index contributed by atoms with van der Waals surface area (Å²) < 4.78 is 11.5. The van der Waals surface area contributed by atoms with Gasteiger partial charge < -0.3 is 20.1 Å². The van der Waals surface area contributed by atoms with Gasteiger partial charge in [-0.25, -0.2) is 14.7 Å². The van der Waals surface area contributed by atoms with Gasteiger partial charge in [0.25, 0.3) is 5.56 Å². The fourth-order valence-corrected chi connectivity index (χ4v) is 5.32. The second kappa shape index (κ2) is 15.1. The number of H-pyrrole nitrogens is 1. The molecule has 0 aliphatic carbocycles. The Labute approximate surface area is 273 Å². The molecule has 4 N–H and O–H groups in total. The van der Waals surface area contributed by atoms with Crippen LogP contribution in [0.1, 0.15) is 49.9 Å². The summed E-state index contributed by atoms with van der Waals surface area (Å²) in [6.45, 7) is 1.91. The zero-order valence-corrected chi connectivity index (χ0v) is 26.3. The van der Waals surface area contributed by atoms with E-state index in [4.69, 9.17) is 21.1 Å². The molecule has 2 aromatic heterocycles. The van der Waals surface area contributed by atoms with Crippen LogP contribution in [0.5, 0.6) is 0 Å². The maximum atomic E-state index is 13.3. The topological polar surface area (TPSA) is 195 Å². The number of tetrazole rings is 1. The lowest BCUT2D eigenvalue weighted by Gasteiger charge is -2.23. The lowest BCUT2D eigenvalue weighted by atomic mass is 9.97. The van der Waals surface area contributed by atoms with E-state index >= 15 is 0 Å². The van der Waals surface area contributed by atoms with E-state index < -0.39 is 35.6 Å². The molecule has 47 heavy (non-hydrogen) atoms.